The highest BCUT2D eigenvalue weighted by atomic mass is 35.5. The molecule has 6 nitrogen and oxygen atoms in total. The molecule has 0 saturated carbocycles. The van der Waals surface area contributed by atoms with Crippen LogP contribution < -0.4 is 15.0 Å². The van der Waals surface area contributed by atoms with Gasteiger partial charge in [-0.05, 0) is 35.4 Å². The van der Waals surface area contributed by atoms with Gasteiger partial charge in [-0.15, -0.1) is 12.4 Å². The number of nitrogens with zero attached hydrogens (tertiary/aromatic N) is 3. The van der Waals surface area contributed by atoms with E-state index in [9.17, 15) is 0 Å². The van der Waals surface area contributed by atoms with E-state index in [0.29, 0.717) is 12.6 Å². The molecular formula is C23H23ClN4O2. The molecule has 7 heteroatoms. The van der Waals surface area contributed by atoms with Gasteiger partial charge in [-0.1, -0.05) is 36.4 Å². The number of nitrogens with one attached hydrogen (secondary N) is 1. The molecule has 5 rings (SSSR count). The van der Waals surface area contributed by atoms with Crippen molar-refractivity contribution in [3.8, 4) is 16.9 Å². The molecule has 1 N–H and O–H groups in total. The van der Waals surface area contributed by atoms with Crippen molar-refractivity contribution in [2.75, 3.05) is 31.1 Å². The third-order valence-electron chi connectivity index (χ3n) is 5.16. The maximum Gasteiger partial charge on any atom is 0.298 e. The van der Waals surface area contributed by atoms with E-state index < -0.39 is 0 Å². The van der Waals surface area contributed by atoms with E-state index in [1.807, 2.05) is 36.4 Å². The molecular weight excluding hydrogens is 400 g/mol. The summed E-state index contributed by atoms with van der Waals surface area (Å²) in [6, 6.07) is 21.0. The molecule has 0 radical (unpaired) electrons. The summed E-state index contributed by atoms with van der Waals surface area (Å²) in [7, 11) is 0. The summed E-state index contributed by atoms with van der Waals surface area (Å²) in [5.74, 6) is 0.767. The third kappa shape index (κ3) is 4.25. The third-order valence-corrected chi connectivity index (χ3v) is 5.16. The lowest BCUT2D eigenvalue weighted by molar-refractivity contribution is 0.261. The molecule has 154 valence electrons. The van der Waals surface area contributed by atoms with Crippen LogP contribution >= 0.6 is 12.4 Å². The van der Waals surface area contributed by atoms with Crippen LogP contribution in [0.4, 0.5) is 6.01 Å². The van der Waals surface area contributed by atoms with Crippen LogP contribution in [0.25, 0.3) is 22.2 Å². The Hall–Kier alpha value is -3.09. The molecule has 1 saturated heterocycles. The molecule has 2 aromatic heterocycles. The van der Waals surface area contributed by atoms with Gasteiger partial charge in [0.25, 0.3) is 6.01 Å². The van der Waals surface area contributed by atoms with Crippen LogP contribution in [0.1, 0.15) is 0 Å². The first-order valence-electron chi connectivity index (χ1n) is 9.83. The molecule has 1 atom stereocenters. The Kier molecular flexibility index (Phi) is 6.16. The molecule has 0 spiro atoms. The SMILES string of the molecule is Cl.c1ccc(-c2ccc3oc(N4CCNCC4COc4cccnc4)nc3c2)cc1. The highest BCUT2D eigenvalue weighted by molar-refractivity contribution is 5.85. The van der Waals surface area contributed by atoms with Gasteiger partial charge in [-0.2, -0.15) is 4.98 Å². The van der Waals surface area contributed by atoms with Crippen LogP contribution in [-0.2, 0) is 0 Å². The van der Waals surface area contributed by atoms with Gasteiger partial charge in [-0.3, -0.25) is 4.98 Å². The number of ether oxygens (including phenoxy) is 1. The van der Waals surface area contributed by atoms with Crippen molar-refractivity contribution in [2.24, 2.45) is 0 Å². The first-order valence-corrected chi connectivity index (χ1v) is 9.83. The summed E-state index contributed by atoms with van der Waals surface area (Å²) >= 11 is 0. The summed E-state index contributed by atoms with van der Waals surface area (Å²) < 4.78 is 12.0. The van der Waals surface area contributed by atoms with E-state index in [-0.39, 0.29) is 18.4 Å². The first kappa shape index (κ1) is 20.2. The Morgan fingerprint density at radius 3 is 2.80 bits per heavy atom. The zero-order valence-electron chi connectivity index (χ0n) is 16.4. The summed E-state index contributed by atoms with van der Waals surface area (Å²) in [6.07, 6.45) is 3.47. The predicted octanol–water partition coefficient (Wildman–Crippen LogP) is 4.17. The van der Waals surface area contributed by atoms with Gasteiger partial charge in [0.1, 0.15) is 17.9 Å². The van der Waals surface area contributed by atoms with Crippen LogP contribution in [-0.4, -0.2) is 42.3 Å². The second-order valence-electron chi connectivity index (χ2n) is 7.10. The first-order chi connectivity index (χ1) is 14.4. The molecule has 0 bridgehead atoms. The predicted molar refractivity (Wildman–Crippen MR) is 120 cm³/mol. The second kappa shape index (κ2) is 9.15. The number of halogens is 1. The Balaban J connectivity index is 0.00000218. The summed E-state index contributed by atoms with van der Waals surface area (Å²) in [5, 5.41) is 3.43. The zero-order chi connectivity index (χ0) is 19.5. The van der Waals surface area contributed by atoms with E-state index in [1.54, 1.807) is 12.4 Å². The normalized spacial score (nSPS) is 16.3. The number of piperazine rings is 1. The fourth-order valence-corrected chi connectivity index (χ4v) is 3.63. The lowest BCUT2D eigenvalue weighted by atomic mass is 10.1. The molecule has 4 aromatic rings. The van der Waals surface area contributed by atoms with Gasteiger partial charge in [0.2, 0.25) is 0 Å². The maximum absolute atomic E-state index is 6.10. The summed E-state index contributed by atoms with van der Waals surface area (Å²) in [6.45, 7) is 3.05. The molecule has 1 fully saturated rings. The number of hydrogen-bond acceptors (Lipinski definition) is 6. The summed E-state index contributed by atoms with van der Waals surface area (Å²) in [5.41, 5.74) is 3.97. The molecule has 0 aliphatic carbocycles. The quantitative estimate of drug-likeness (QED) is 0.520. The number of fused-ring (bicyclic) bond motifs is 1. The van der Waals surface area contributed by atoms with Crippen LogP contribution in [0, 0.1) is 0 Å². The van der Waals surface area contributed by atoms with Gasteiger partial charge in [0.15, 0.2) is 5.58 Å². The van der Waals surface area contributed by atoms with Crippen molar-refractivity contribution in [1.29, 1.82) is 0 Å². The Labute approximate surface area is 181 Å². The molecule has 3 heterocycles. The number of hydrogen-bond donors (Lipinski definition) is 1. The molecule has 2 aromatic carbocycles. The van der Waals surface area contributed by atoms with Crippen molar-refractivity contribution in [3.63, 3.8) is 0 Å². The van der Waals surface area contributed by atoms with E-state index in [1.165, 1.54) is 5.56 Å². The molecule has 0 amide bonds. The van der Waals surface area contributed by atoms with Crippen molar-refractivity contribution < 1.29 is 9.15 Å². The lowest BCUT2D eigenvalue weighted by Crippen LogP contribution is -2.54. The minimum atomic E-state index is 0. The smallest absolute Gasteiger partial charge is 0.298 e. The number of anilines is 1. The summed E-state index contributed by atoms with van der Waals surface area (Å²) in [4.78, 5) is 11.1. The van der Waals surface area contributed by atoms with Gasteiger partial charge in [-0.25, -0.2) is 0 Å². The Morgan fingerprint density at radius 1 is 1.07 bits per heavy atom. The van der Waals surface area contributed by atoms with Crippen molar-refractivity contribution in [2.45, 2.75) is 6.04 Å². The van der Waals surface area contributed by atoms with Gasteiger partial charge < -0.3 is 19.4 Å². The highest BCUT2D eigenvalue weighted by Crippen LogP contribution is 2.28. The van der Waals surface area contributed by atoms with E-state index in [0.717, 1.165) is 42.0 Å². The second-order valence-corrected chi connectivity index (χ2v) is 7.10. The van der Waals surface area contributed by atoms with Crippen LogP contribution in [0.15, 0.2) is 77.5 Å². The van der Waals surface area contributed by atoms with E-state index in [2.05, 4.69) is 39.5 Å². The Bertz CT molecular complexity index is 1090. The Morgan fingerprint density at radius 2 is 1.97 bits per heavy atom. The number of rotatable bonds is 5. The minimum Gasteiger partial charge on any atom is -0.490 e. The van der Waals surface area contributed by atoms with Gasteiger partial charge >= 0.3 is 0 Å². The fraction of sp³-hybridized carbons (Fsp3) is 0.217. The lowest BCUT2D eigenvalue weighted by Gasteiger charge is -2.34. The average molecular weight is 423 g/mol. The van der Waals surface area contributed by atoms with Gasteiger partial charge in [0.05, 0.1) is 12.2 Å². The maximum atomic E-state index is 6.10. The van der Waals surface area contributed by atoms with Crippen LogP contribution in [0.5, 0.6) is 5.75 Å². The van der Waals surface area contributed by atoms with Crippen LogP contribution in [0.3, 0.4) is 0 Å². The standard InChI is InChI=1S/C23H22N4O2.ClH/c1-2-5-17(6-3-1)18-8-9-22-21(13-18)26-23(29-22)27-12-11-25-14-19(27)16-28-20-7-4-10-24-15-20;/h1-10,13,15,19,25H,11-12,14,16H2;1H. The highest BCUT2D eigenvalue weighted by Gasteiger charge is 2.27. The number of aromatic nitrogens is 2. The zero-order valence-corrected chi connectivity index (χ0v) is 17.2. The average Bonchev–Trinajstić information content (AvgIpc) is 3.22. The molecule has 1 aliphatic rings. The van der Waals surface area contributed by atoms with E-state index in [4.69, 9.17) is 14.1 Å². The largest absolute Gasteiger partial charge is 0.490 e. The van der Waals surface area contributed by atoms with Crippen LogP contribution in [0.2, 0.25) is 0 Å². The topological polar surface area (TPSA) is 63.4 Å². The molecule has 1 unspecified atom stereocenters. The molecule has 30 heavy (non-hydrogen) atoms. The minimum absolute atomic E-state index is 0. The van der Waals surface area contributed by atoms with E-state index >= 15 is 0 Å². The number of benzene rings is 2. The fourth-order valence-electron chi connectivity index (χ4n) is 3.63. The van der Waals surface area contributed by atoms with Crippen molar-refractivity contribution in [3.05, 3.63) is 73.1 Å². The van der Waals surface area contributed by atoms with Gasteiger partial charge in [0, 0.05) is 25.8 Å². The monoisotopic (exact) mass is 422 g/mol. The van der Waals surface area contributed by atoms with Crippen molar-refractivity contribution in [1.82, 2.24) is 15.3 Å². The number of pyridine rings is 1. The van der Waals surface area contributed by atoms with Crippen molar-refractivity contribution >= 4 is 29.5 Å². The number of oxazole rings is 1. The molecule has 1 aliphatic heterocycles.